The van der Waals surface area contributed by atoms with Gasteiger partial charge in [0, 0.05) is 0 Å². The van der Waals surface area contributed by atoms with Gasteiger partial charge in [0.05, 0.1) is 0 Å². The van der Waals surface area contributed by atoms with Gasteiger partial charge in [0.2, 0.25) is 0 Å². The standard InChI is InChI=1S/C13H25F/c1-2-3-4-5-6-7-12-8-10-13(14)11-9-12/h12-13H,2-11H2,1H3. The van der Waals surface area contributed by atoms with Crippen LogP contribution in [0.1, 0.15) is 71.1 Å². The Morgan fingerprint density at radius 2 is 1.57 bits per heavy atom. The zero-order valence-corrected chi connectivity index (χ0v) is 9.60. The lowest BCUT2D eigenvalue weighted by Gasteiger charge is -2.23. The maximum atomic E-state index is 12.8. The van der Waals surface area contributed by atoms with E-state index in [2.05, 4.69) is 6.92 Å². The first-order valence-electron chi connectivity index (χ1n) is 6.47. The first kappa shape index (κ1) is 12.0. The lowest BCUT2D eigenvalue weighted by molar-refractivity contribution is 0.199. The topological polar surface area (TPSA) is 0 Å². The van der Waals surface area contributed by atoms with Crippen LogP contribution in [-0.2, 0) is 0 Å². The summed E-state index contributed by atoms with van der Waals surface area (Å²) in [6.45, 7) is 2.25. The average Bonchev–Trinajstić information content (AvgIpc) is 2.21. The second kappa shape index (κ2) is 7.25. The van der Waals surface area contributed by atoms with E-state index in [1.165, 1.54) is 38.5 Å². The van der Waals surface area contributed by atoms with E-state index in [4.69, 9.17) is 0 Å². The third-order valence-corrected chi connectivity index (χ3v) is 3.49. The van der Waals surface area contributed by atoms with E-state index in [0.29, 0.717) is 0 Å². The molecule has 1 rings (SSSR count). The third-order valence-electron chi connectivity index (χ3n) is 3.49. The molecule has 0 saturated heterocycles. The molecule has 1 fully saturated rings. The van der Waals surface area contributed by atoms with E-state index in [-0.39, 0.29) is 0 Å². The maximum Gasteiger partial charge on any atom is 0.100 e. The van der Waals surface area contributed by atoms with Gasteiger partial charge in [0.25, 0.3) is 0 Å². The van der Waals surface area contributed by atoms with Gasteiger partial charge in [-0.2, -0.15) is 0 Å². The van der Waals surface area contributed by atoms with E-state index in [0.717, 1.165) is 31.6 Å². The Bertz CT molecular complexity index is 125. The molecule has 0 nitrogen and oxygen atoms in total. The highest BCUT2D eigenvalue weighted by Crippen LogP contribution is 2.29. The predicted octanol–water partition coefficient (Wildman–Crippen LogP) is 4.88. The molecule has 0 aromatic carbocycles. The highest BCUT2D eigenvalue weighted by Gasteiger charge is 2.19. The van der Waals surface area contributed by atoms with Crippen molar-refractivity contribution in [2.75, 3.05) is 0 Å². The number of unbranched alkanes of at least 4 members (excludes halogenated alkanes) is 4. The smallest absolute Gasteiger partial charge is 0.100 e. The number of alkyl halides is 1. The number of rotatable bonds is 6. The summed E-state index contributed by atoms with van der Waals surface area (Å²) in [6.07, 6.45) is 11.7. The van der Waals surface area contributed by atoms with Gasteiger partial charge in [0.1, 0.15) is 6.17 Å². The first-order chi connectivity index (χ1) is 6.83. The average molecular weight is 200 g/mol. The number of hydrogen-bond acceptors (Lipinski definition) is 0. The van der Waals surface area contributed by atoms with Crippen molar-refractivity contribution in [3.63, 3.8) is 0 Å². The summed E-state index contributed by atoms with van der Waals surface area (Å²) in [4.78, 5) is 0. The van der Waals surface area contributed by atoms with Crippen molar-refractivity contribution in [2.45, 2.75) is 77.3 Å². The fraction of sp³-hybridized carbons (Fsp3) is 1.00. The lowest BCUT2D eigenvalue weighted by Crippen LogP contribution is -2.14. The molecule has 1 saturated carbocycles. The number of hydrogen-bond donors (Lipinski definition) is 0. The fourth-order valence-corrected chi connectivity index (χ4v) is 2.45. The van der Waals surface area contributed by atoms with Crippen LogP contribution in [0.3, 0.4) is 0 Å². The molecule has 0 aromatic heterocycles. The summed E-state index contributed by atoms with van der Waals surface area (Å²) in [5, 5.41) is 0. The van der Waals surface area contributed by atoms with Gasteiger partial charge in [-0.25, -0.2) is 4.39 Å². The second-order valence-corrected chi connectivity index (χ2v) is 4.82. The van der Waals surface area contributed by atoms with Crippen molar-refractivity contribution in [1.29, 1.82) is 0 Å². The van der Waals surface area contributed by atoms with Crippen molar-refractivity contribution in [3.8, 4) is 0 Å². The molecule has 14 heavy (non-hydrogen) atoms. The quantitative estimate of drug-likeness (QED) is 0.536. The van der Waals surface area contributed by atoms with Crippen LogP contribution in [-0.4, -0.2) is 6.17 Å². The zero-order chi connectivity index (χ0) is 10.2. The molecular formula is C13H25F. The minimum Gasteiger partial charge on any atom is -0.247 e. The minimum absolute atomic E-state index is 0.480. The van der Waals surface area contributed by atoms with Crippen molar-refractivity contribution < 1.29 is 4.39 Å². The second-order valence-electron chi connectivity index (χ2n) is 4.82. The highest BCUT2D eigenvalue weighted by atomic mass is 19.1. The van der Waals surface area contributed by atoms with Crippen LogP contribution >= 0.6 is 0 Å². The molecule has 0 radical (unpaired) electrons. The van der Waals surface area contributed by atoms with Gasteiger partial charge in [-0.1, -0.05) is 45.4 Å². The Morgan fingerprint density at radius 3 is 2.21 bits per heavy atom. The Balaban J connectivity index is 1.91. The highest BCUT2D eigenvalue weighted by molar-refractivity contribution is 4.71. The van der Waals surface area contributed by atoms with Crippen LogP contribution in [0.5, 0.6) is 0 Å². The lowest BCUT2D eigenvalue weighted by atomic mass is 9.84. The molecule has 1 aliphatic carbocycles. The van der Waals surface area contributed by atoms with Gasteiger partial charge in [-0.05, 0) is 31.6 Å². The normalized spacial score (nSPS) is 27.9. The molecule has 0 amide bonds. The molecule has 0 bridgehead atoms. The van der Waals surface area contributed by atoms with Gasteiger partial charge in [0.15, 0.2) is 0 Å². The van der Waals surface area contributed by atoms with E-state index in [1.54, 1.807) is 0 Å². The molecule has 84 valence electrons. The van der Waals surface area contributed by atoms with Gasteiger partial charge in [-0.15, -0.1) is 0 Å². The first-order valence-corrected chi connectivity index (χ1v) is 6.47. The molecule has 0 spiro atoms. The van der Waals surface area contributed by atoms with Crippen molar-refractivity contribution in [3.05, 3.63) is 0 Å². The summed E-state index contributed by atoms with van der Waals surface area (Å²) in [6, 6.07) is 0. The molecule has 0 atom stereocenters. The number of halogens is 1. The zero-order valence-electron chi connectivity index (χ0n) is 9.60. The van der Waals surface area contributed by atoms with Crippen LogP contribution in [0.15, 0.2) is 0 Å². The summed E-state index contributed by atoms with van der Waals surface area (Å²) in [5.74, 6) is 0.851. The summed E-state index contributed by atoms with van der Waals surface area (Å²) in [5.41, 5.74) is 0. The van der Waals surface area contributed by atoms with Crippen molar-refractivity contribution >= 4 is 0 Å². The maximum absolute atomic E-state index is 12.8. The van der Waals surface area contributed by atoms with Gasteiger partial charge >= 0.3 is 0 Å². The molecule has 0 aromatic rings. The van der Waals surface area contributed by atoms with Crippen molar-refractivity contribution in [1.82, 2.24) is 0 Å². The Labute approximate surface area is 88.3 Å². The minimum atomic E-state index is -0.480. The van der Waals surface area contributed by atoms with Crippen LogP contribution in [0.4, 0.5) is 4.39 Å². The summed E-state index contributed by atoms with van der Waals surface area (Å²) < 4.78 is 12.8. The Morgan fingerprint density at radius 1 is 0.929 bits per heavy atom. The summed E-state index contributed by atoms with van der Waals surface area (Å²) in [7, 11) is 0. The van der Waals surface area contributed by atoms with E-state index < -0.39 is 6.17 Å². The van der Waals surface area contributed by atoms with Crippen LogP contribution in [0, 0.1) is 5.92 Å². The molecule has 0 heterocycles. The molecule has 0 unspecified atom stereocenters. The molecule has 0 aliphatic heterocycles. The SMILES string of the molecule is CCCCCCCC1CCC(F)CC1. The Kier molecular flexibility index (Phi) is 6.22. The molecule has 0 N–H and O–H groups in total. The third kappa shape index (κ3) is 4.97. The van der Waals surface area contributed by atoms with E-state index in [1.807, 2.05) is 0 Å². The van der Waals surface area contributed by atoms with Crippen LogP contribution < -0.4 is 0 Å². The largest absolute Gasteiger partial charge is 0.247 e. The van der Waals surface area contributed by atoms with Crippen LogP contribution in [0.2, 0.25) is 0 Å². The molecule has 1 heteroatoms. The monoisotopic (exact) mass is 200 g/mol. The predicted molar refractivity (Wildman–Crippen MR) is 60.2 cm³/mol. The van der Waals surface area contributed by atoms with E-state index in [9.17, 15) is 4.39 Å². The van der Waals surface area contributed by atoms with Gasteiger partial charge < -0.3 is 0 Å². The molecular weight excluding hydrogens is 175 g/mol. The summed E-state index contributed by atoms with van der Waals surface area (Å²) >= 11 is 0. The van der Waals surface area contributed by atoms with Crippen LogP contribution in [0.25, 0.3) is 0 Å². The van der Waals surface area contributed by atoms with Gasteiger partial charge in [-0.3, -0.25) is 0 Å². The Hall–Kier alpha value is -0.0700. The fourth-order valence-electron chi connectivity index (χ4n) is 2.45. The van der Waals surface area contributed by atoms with E-state index >= 15 is 0 Å². The molecule has 1 aliphatic rings. The van der Waals surface area contributed by atoms with Crippen molar-refractivity contribution in [2.24, 2.45) is 5.92 Å².